The van der Waals surface area contributed by atoms with Crippen LogP contribution in [-0.4, -0.2) is 97.0 Å². The van der Waals surface area contributed by atoms with E-state index in [0.29, 0.717) is 0 Å². The van der Waals surface area contributed by atoms with Crippen LogP contribution >= 0.6 is 0 Å². The van der Waals surface area contributed by atoms with Crippen LogP contribution in [0, 0.1) is 0 Å². The van der Waals surface area contributed by atoms with Crippen molar-refractivity contribution in [2.24, 2.45) is 0 Å². The van der Waals surface area contributed by atoms with E-state index in [1.165, 1.54) is 0 Å². The Hall–Kier alpha value is -0.849. The lowest BCUT2D eigenvalue weighted by molar-refractivity contribution is -0.370. The molecule has 1 rings (SSSR count). The minimum Gasteiger partial charge on any atom is -0.414 e. The molecule has 1 heterocycles. The van der Waals surface area contributed by atoms with E-state index >= 15 is 0 Å². The molecule has 3 radical (unpaired) electrons. The van der Waals surface area contributed by atoms with E-state index < -0.39 is 138 Å². The number of halogens is 18. The first-order chi connectivity index (χ1) is 19.7. The molecule has 6 nitrogen and oxygen atoms in total. The van der Waals surface area contributed by atoms with Gasteiger partial charge in [-0.2, -0.15) is 79.0 Å². The third kappa shape index (κ3) is 9.85. The van der Waals surface area contributed by atoms with Crippen LogP contribution in [0.25, 0.3) is 0 Å². The highest BCUT2D eigenvalue weighted by atomic mass is 28.5. The fourth-order valence-electron chi connectivity index (χ4n) is 3.55. The van der Waals surface area contributed by atoms with Crippen molar-refractivity contribution in [2.45, 2.75) is 111 Å². The van der Waals surface area contributed by atoms with Crippen LogP contribution in [0.5, 0.6) is 0 Å². The van der Waals surface area contributed by atoms with Gasteiger partial charge in [0, 0.05) is 0 Å². The molecule has 0 spiro atoms. The molecule has 45 heavy (non-hydrogen) atoms. The molecule has 0 aromatic carbocycles. The van der Waals surface area contributed by atoms with E-state index in [2.05, 4.69) is 0 Å². The molecule has 0 aliphatic carbocycles. The van der Waals surface area contributed by atoms with Gasteiger partial charge in [0.15, 0.2) is 0 Å². The number of alkyl halides is 18. The van der Waals surface area contributed by atoms with E-state index in [9.17, 15) is 94.3 Å². The van der Waals surface area contributed by atoms with Crippen LogP contribution in [-0.2, 0) is 12.3 Å². The summed E-state index contributed by atoms with van der Waals surface area (Å²) < 4.78 is 248. The summed E-state index contributed by atoms with van der Waals surface area (Å²) in [5, 5.41) is 27.7. The summed E-state index contributed by atoms with van der Waals surface area (Å²) in [4.78, 5) is 0. The van der Waals surface area contributed by atoms with Crippen LogP contribution in [0.3, 0.4) is 0 Å². The standard InChI is InChI=1S/C18H21F18O6Si3/c19-13(20,21)10(37,14(22,23)24)4-1-7-43-40-44(8-2-5-11(38,15(25,26)27)16(28,29)30)42-45(41-43)9-3-6-12(39,17(31,32)33)18(34,35)36/h37-39H,1-9H2. The number of hydrogen-bond donors (Lipinski definition) is 3. The smallest absolute Gasteiger partial charge is 0.414 e. The largest absolute Gasteiger partial charge is 0.426 e. The highest BCUT2D eigenvalue weighted by Gasteiger charge is 2.71. The molecule has 0 amide bonds. The van der Waals surface area contributed by atoms with Gasteiger partial charge in [0.25, 0.3) is 16.8 Å². The molecule has 0 aromatic heterocycles. The van der Waals surface area contributed by atoms with E-state index in [1.54, 1.807) is 0 Å². The summed E-state index contributed by atoms with van der Waals surface area (Å²) in [5.41, 5.74) is -15.7. The minimum atomic E-state index is -6.24. The Balaban J connectivity index is 3.11. The van der Waals surface area contributed by atoms with Crippen LogP contribution in [0.4, 0.5) is 79.0 Å². The molecule has 0 bridgehead atoms. The van der Waals surface area contributed by atoms with E-state index in [-0.39, 0.29) is 0 Å². The Morgan fingerprint density at radius 1 is 0.333 bits per heavy atom. The van der Waals surface area contributed by atoms with Gasteiger partial charge in [0.2, 0.25) is 0 Å². The SMILES string of the molecule is OC(CCC[Si]1O[Si](CCCC(O)(C(F)(F)F)C(F)(F)F)O[Si](CCCC(O)(C(F)(F)F)C(F)(F)F)O1)(C(F)(F)F)C(F)(F)F. The number of rotatable bonds is 12. The van der Waals surface area contributed by atoms with Gasteiger partial charge in [0.05, 0.1) is 0 Å². The fraction of sp³-hybridized carbons (Fsp3) is 1.00. The number of hydrogen-bond acceptors (Lipinski definition) is 6. The second-order valence-electron chi connectivity index (χ2n) is 9.55. The molecule has 0 unspecified atom stereocenters. The van der Waals surface area contributed by atoms with Gasteiger partial charge in [-0.1, -0.05) is 0 Å². The summed E-state index contributed by atoms with van der Waals surface area (Å²) in [6, 6.07) is -2.72. The van der Waals surface area contributed by atoms with Crippen LogP contribution in [0.1, 0.15) is 38.5 Å². The lowest BCUT2D eigenvalue weighted by Crippen LogP contribution is -2.57. The predicted molar refractivity (Wildman–Crippen MR) is 114 cm³/mol. The van der Waals surface area contributed by atoms with Crippen LogP contribution in [0.2, 0.25) is 18.1 Å². The van der Waals surface area contributed by atoms with Gasteiger partial charge in [-0.05, 0) is 56.7 Å². The van der Waals surface area contributed by atoms with Crippen molar-refractivity contribution in [1.29, 1.82) is 0 Å². The van der Waals surface area contributed by atoms with Gasteiger partial charge in [-0.3, -0.25) is 0 Å². The Kier molecular flexibility index (Phi) is 13.1. The first kappa shape index (κ1) is 42.2. The molecule has 1 fully saturated rings. The lowest BCUT2D eigenvalue weighted by Gasteiger charge is -2.35. The second kappa shape index (κ2) is 13.9. The molecule has 1 aliphatic heterocycles. The average molecular weight is 760 g/mol. The maximum absolute atomic E-state index is 12.9. The highest BCUT2D eigenvalue weighted by molar-refractivity contribution is 6.73. The fourth-order valence-corrected chi connectivity index (χ4v) is 12.1. The topological polar surface area (TPSA) is 88.4 Å². The van der Waals surface area contributed by atoms with Gasteiger partial charge in [-0.25, -0.2) is 0 Å². The first-order valence-corrected chi connectivity index (χ1v) is 16.5. The average Bonchev–Trinajstić information content (AvgIpc) is 2.79. The minimum absolute atomic E-state index is 0.908. The van der Waals surface area contributed by atoms with Crippen molar-refractivity contribution in [3.8, 4) is 0 Å². The van der Waals surface area contributed by atoms with Gasteiger partial charge in [0.1, 0.15) is 0 Å². The predicted octanol–water partition coefficient (Wildman–Crippen LogP) is 6.42. The summed E-state index contributed by atoms with van der Waals surface area (Å²) >= 11 is 0. The normalized spacial score (nSPS) is 18.6. The van der Waals surface area contributed by atoms with Crippen molar-refractivity contribution in [3.63, 3.8) is 0 Å². The molecule has 1 saturated heterocycles. The Morgan fingerprint density at radius 3 is 0.622 bits per heavy atom. The molecule has 27 heteroatoms. The first-order valence-electron chi connectivity index (χ1n) is 11.9. The van der Waals surface area contributed by atoms with Crippen molar-refractivity contribution >= 4 is 27.9 Å². The zero-order chi connectivity index (χ0) is 35.7. The quantitative estimate of drug-likeness (QED) is 0.157. The van der Waals surface area contributed by atoms with E-state index in [0.717, 1.165) is 0 Å². The monoisotopic (exact) mass is 759 g/mol. The lowest BCUT2D eigenvalue weighted by atomic mass is 9.97. The summed E-state index contributed by atoms with van der Waals surface area (Å²) in [5.74, 6) is 0. The molecule has 0 aromatic rings. The van der Waals surface area contributed by atoms with Crippen molar-refractivity contribution in [1.82, 2.24) is 0 Å². The van der Waals surface area contributed by atoms with Gasteiger partial charge >= 0.3 is 64.9 Å². The second-order valence-corrected chi connectivity index (χ2v) is 15.7. The van der Waals surface area contributed by atoms with Gasteiger partial charge in [-0.15, -0.1) is 0 Å². The zero-order valence-corrected chi connectivity index (χ0v) is 24.7. The maximum atomic E-state index is 12.9. The Labute approximate surface area is 245 Å². The van der Waals surface area contributed by atoms with Crippen LogP contribution in [0.15, 0.2) is 0 Å². The molecular formula is C18H21F18O6Si3. The molecule has 0 saturated carbocycles. The third-order valence-electron chi connectivity index (χ3n) is 6.26. The summed E-state index contributed by atoms with van der Waals surface area (Å²) in [6.45, 7) is 0. The molecule has 0 atom stereocenters. The van der Waals surface area contributed by atoms with E-state index in [4.69, 9.17) is 12.3 Å². The highest BCUT2D eigenvalue weighted by Crippen LogP contribution is 2.48. The molecule has 1 aliphatic rings. The molecular weight excluding hydrogens is 738 g/mol. The number of aliphatic hydroxyl groups is 3. The van der Waals surface area contributed by atoms with Crippen molar-refractivity contribution < 1.29 is 107 Å². The maximum Gasteiger partial charge on any atom is 0.426 e. The third-order valence-corrected chi connectivity index (χ3v) is 14.0. The Bertz CT molecular complexity index is 781. The molecule has 267 valence electrons. The van der Waals surface area contributed by atoms with Crippen molar-refractivity contribution in [2.75, 3.05) is 0 Å². The summed E-state index contributed by atoms with van der Waals surface area (Å²) in [6.07, 6.45) is -47.2. The zero-order valence-electron chi connectivity index (χ0n) is 21.7. The van der Waals surface area contributed by atoms with E-state index in [1.807, 2.05) is 0 Å². The van der Waals surface area contributed by atoms with Crippen LogP contribution < -0.4 is 0 Å². The molecule has 3 N–H and O–H groups in total. The Morgan fingerprint density at radius 2 is 0.489 bits per heavy atom. The summed E-state index contributed by atoms with van der Waals surface area (Å²) in [7, 11) is -9.58. The van der Waals surface area contributed by atoms with Gasteiger partial charge < -0.3 is 27.7 Å². The van der Waals surface area contributed by atoms with Crippen molar-refractivity contribution in [3.05, 3.63) is 0 Å².